The monoisotopic (exact) mass is 141 g/mol. The van der Waals surface area contributed by atoms with Crippen molar-refractivity contribution in [2.75, 3.05) is 0 Å². The van der Waals surface area contributed by atoms with Gasteiger partial charge in [0.1, 0.15) is 6.04 Å². The minimum Gasteiger partial charge on any atom is -0.480 e. The topological polar surface area (TPSA) is 69.6 Å². The van der Waals surface area contributed by atoms with E-state index in [1.54, 1.807) is 5.48 Å². The summed E-state index contributed by atoms with van der Waals surface area (Å²) in [6, 6.07) is -0.875. The van der Waals surface area contributed by atoms with Crippen LogP contribution < -0.4 is 5.48 Å². The molecule has 0 radical (unpaired) electrons. The van der Waals surface area contributed by atoms with Gasteiger partial charge in [0.15, 0.2) is 0 Å². The highest BCUT2D eigenvalue weighted by Gasteiger charge is 2.05. The van der Waals surface area contributed by atoms with Crippen molar-refractivity contribution in [2.24, 2.45) is 0 Å². The van der Waals surface area contributed by atoms with Crippen molar-refractivity contribution in [3.8, 4) is 0 Å². The quantitative estimate of drug-likeness (QED) is 0.468. The molecule has 0 aliphatic heterocycles. The van der Waals surface area contributed by atoms with Crippen LogP contribution in [0.15, 0.2) is 0 Å². The fourth-order valence-electron chi connectivity index (χ4n) is 0.0552. The molecule has 0 amide bonds. The largest absolute Gasteiger partial charge is 0.480 e. The lowest BCUT2D eigenvalue weighted by Gasteiger charge is -1.98. The maximum Gasteiger partial charge on any atom is 0.322 e. The zero-order chi connectivity index (χ0) is 5.86. The molecule has 3 N–H and O–H groups in total. The van der Waals surface area contributed by atoms with Gasteiger partial charge in [-0.2, -0.15) is 5.48 Å². The first kappa shape index (κ1) is 10.6. The first-order valence-electron chi connectivity index (χ1n) is 1.81. The minimum absolute atomic E-state index is 0. The summed E-state index contributed by atoms with van der Waals surface area (Å²) in [5.74, 6) is -1.07. The van der Waals surface area contributed by atoms with Crippen molar-refractivity contribution in [3.63, 3.8) is 0 Å². The van der Waals surface area contributed by atoms with E-state index in [9.17, 15) is 4.79 Å². The number of aliphatic carboxylic acids is 1. The predicted molar refractivity (Wildman–Crippen MR) is 29.3 cm³/mol. The first-order valence-corrected chi connectivity index (χ1v) is 1.81. The van der Waals surface area contributed by atoms with E-state index < -0.39 is 12.0 Å². The van der Waals surface area contributed by atoms with Crippen molar-refractivity contribution >= 4 is 18.4 Å². The van der Waals surface area contributed by atoms with Gasteiger partial charge in [0.2, 0.25) is 0 Å². The fourth-order valence-corrected chi connectivity index (χ4v) is 0.0552. The Bertz CT molecular complexity index is 76.9. The van der Waals surface area contributed by atoms with Crippen LogP contribution in [0.2, 0.25) is 0 Å². The second-order valence-electron chi connectivity index (χ2n) is 1.19. The fraction of sp³-hybridized carbons (Fsp3) is 0.667. The van der Waals surface area contributed by atoms with Crippen LogP contribution in [0.4, 0.5) is 0 Å². The summed E-state index contributed by atoms with van der Waals surface area (Å²) in [6.07, 6.45) is 0. The van der Waals surface area contributed by atoms with Gasteiger partial charge >= 0.3 is 5.97 Å². The first-order chi connectivity index (χ1) is 3.18. The third-order valence-electron chi connectivity index (χ3n) is 0.564. The maximum absolute atomic E-state index is 9.71. The molecule has 50 valence electrons. The van der Waals surface area contributed by atoms with E-state index in [-0.39, 0.29) is 12.4 Å². The average molecular weight is 142 g/mol. The van der Waals surface area contributed by atoms with Crippen LogP contribution in [0.3, 0.4) is 0 Å². The van der Waals surface area contributed by atoms with E-state index in [4.69, 9.17) is 10.3 Å². The molecule has 0 aliphatic carbocycles. The summed E-state index contributed by atoms with van der Waals surface area (Å²) in [6.45, 7) is 1.34. The van der Waals surface area contributed by atoms with Crippen LogP contribution in [0.5, 0.6) is 0 Å². The molecule has 0 saturated carbocycles. The van der Waals surface area contributed by atoms with Crippen molar-refractivity contribution in [1.82, 2.24) is 5.48 Å². The number of carboxylic acid groups (broad SMARTS) is 1. The van der Waals surface area contributed by atoms with Gasteiger partial charge in [-0.3, -0.25) is 4.79 Å². The summed E-state index contributed by atoms with van der Waals surface area (Å²) < 4.78 is 0. The van der Waals surface area contributed by atoms with Crippen molar-refractivity contribution in [2.45, 2.75) is 13.0 Å². The highest BCUT2D eigenvalue weighted by molar-refractivity contribution is 5.85. The Morgan fingerprint density at radius 2 is 2.12 bits per heavy atom. The summed E-state index contributed by atoms with van der Waals surface area (Å²) in [7, 11) is 0. The van der Waals surface area contributed by atoms with Gasteiger partial charge in [-0.15, -0.1) is 12.4 Å². The third kappa shape index (κ3) is 3.86. The second-order valence-corrected chi connectivity index (χ2v) is 1.19. The Morgan fingerprint density at radius 1 is 1.75 bits per heavy atom. The molecule has 0 aromatic carbocycles. The molecule has 0 heterocycles. The standard InChI is InChI=1S/C3H7NO3.ClH/c1-2(4-7)3(5)6;/h2,4,7H,1H3,(H,5,6);1H. The predicted octanol–water partition coefficient (Wildman–Crippen LogP) is -0.140. The number of hydrogen-bond donors (Lipinski definition) is 3. The Hall–Kier alpha value is -0.320. The maximum atomic E-state index is 9.71. The van der Waals surface area contributed by atoms with Gasteiger partial charge < -0.3 is 10.3 Å². The Kier molecular flexibility index (Phi) is 6.41. The van der Waals surface area contributed by atoms with E-state index in [1.165, 1.54) is 6.92 Å². The lowest BCUT2D eigenvalue weighted by atomic mass is 10.4. The Morgan fingerprint density at radius 3 is 2.12 bits per heavy atom. The SMILES string of the molecule is CC(NO)C(=O)O.Cl. The molecule has 1 atom stereocenters. The van der Waals surface area contributed by atoms with Crippen LogP contribution in [0.25, 0.3) is 0 Å². The Balaban J connectivity index is 0. The van der Waals surface area contributed by atoms with Gasteiger partial charge in [-0.1, -0.05) is 0 Å². The van der Waals surface area contributed by atoms with E-state index in [0.717, 1.165) is 0 Å². The van der Waals surface area contributed by atoms with Crippen LogP contribution in [0, 0.1) is 0 Å². The van der Waals surface area contributed by atoms with Crippen LogP contribution in [-0.4, -0.2) is 22.3 Å². The zero-order valence-electron chi connectivity index (χ0n) is 4.29. The minimum atomic E-state index is -1.07. The number of carboxylic acids is 1. The molecule has 0 aromatic rings. The van der Waals surface area contributed by atoms with Crippen molar-refractivity contribution < 1.29 is 15.1 Å². The average Bonchev–Trinajstić information content (AvgIpc) is 1.65. The number of hydrogen-bond acceptors (Lipinski definition) is 3. The summed E-state index contributed by atoms with van der Waals surface area (Å²) >= 11 is 0. The summed E-state index contributed by atoms with van der Waals surface area (Å²) in [4.78, 5) is 9.71. The number of carbonyl (C=O) groups is 1. The lowest BCUT2D eigenvalue weighted by Crippen LogP contribution is -2.30. The molecule has 8 heavy (non-hydrogen) atoms. The molecular weight excluding hydrogens is 133 g/mol. The van der Waals surface area contributed by atoms with Gasteiger partial charge in [0.05, 0.1) is 0 Å². The molecule has 0 rings (SSSR count). The van der Waals surface area contributed by atoms with Gasteiger partial charge in [-0.05, 0) is 6.92 Å². The van der Waals surface area contributed by atoms with E-state index in [2.05, 4.69) is 0 Å². The smallest absolute Gasteiger partial charge is 0.322 e. The van der Waals surface area contributed by atoms with Crippen molar-refractivity contribution in [1.29, 1.82) is 0 Å². The number of nitrogens with one attached hydrogen (secondary N) is 1. The molecule has 0 spiro atoms. The molecule has 0 saturated heterocycles. The number of hydroxylamine groups is 1. The molecule has 1 unspecified atom stereocenters. The molecule has 0 aliphatic rings. The molecule has 0 bridgehead atoms. The zero-order valence-corrected chi connectivity index (χ0v) is 5.10. The molecule has 0 fully saturated rings. The van der Waals surface area contributed by atoms with Crippen LogP contribution >= 0.6 is 12.4 Å². The number of halogens is 1. The highest BCUT2D eigenvalue weighted by Crippen LogP contribution is 1.74. The molecule has 0 aromatic heterocycles. The van der Waals surface area contributed by atoms with Crippen LogP contribution in [0.1, 0.15) is 6.92 Å². The number of rotatable bonds is 2. The van der Waals surface area contributed by atoms with Gasteiger partial charge in [0.25, 0.3) is 0 Å². The van der Waals surface area contributed by atoms with Gasteiger partial charge in [0, 0.05) is 0 Å². The van der Waals surface area contributed by atoms with E-state index in [0.29, 0.717) is 0 Å². The summed E-state index contributed by atoms with van der Waals surface area (Å²) in [5, 5.41) is 15.8. The normalized spacial score (nSPS) is 11.8. The van der Waals surface area contributed by atoms with E-state index in [1.807, 2.05) is 0 Å². The lowest BCUT2D eigenvalue weighted by molar-refractivity contribution is -0.141. The van der Waals surface area contributed by atoms with Crippen LogP contribution in [-0.2, 0) is 4.79 Å². The third-order valence-corrected chi connectivity index (χ3v) is 0.564. The van der Waals surface area contributed by atoms with Gasteiger partial charge in [-0.25, -0.2) is 0 Å². The molecule has 5 heteroatoms. The Labute approximate surface area is 52.9 Å². The van der Waals surface area contributed by atoms with Crippen molar-refractivity contribution in [3.05, 3.63) is 0 Å². The molecule has 4 nitrogen and oxygen atoms in total. The highest BCUT2D eigenvalue weighted by atomic mass is 35.5. The second kappa shape index (κ2) is 4.83. The molecular formula is C3H8ClNO3. The summed E-state index contributed by atoms with van der Waals surface area (Å²) in [5.41, 5.74) is 1.56. The van der Waals surface area contributed by atoms with E-state index >= 15 is 0 Å².